The molecule has 0 bridgehead atoms. The van der Waals surface area contributed by atoms with Crippen molar-refractivity contribution in [1.82, 2.24) is 0 Å². The maximum atomic E-state index is 12.9. The van der Waals surface area contributed by atoms with Gasteiger partial charge >= 0.3 is 5.97 Å². The van der Waals surface area contributed by atoms with Crippen LogP contribution in [0, 0.1) is 0 Å². The Morgan fingerprint density at radius 2 is 0.806 bits per heavy atom. The number of hydrogen-bond acceptors (Lipinski definition) is 9. The number of allylic oxidation sites excluding steroid dienone is 8. The molecule has 0 aromatic carbocycles. The maximum absolute atomic E-state index is 12.9. The van der Waals surface area contributed by atoms with Gasteiger partial charge in [0.2, 0.25) is 0 Å². The Labute approximate surface area is 443 Å². The van der Waals surface area contributed by atoms with Crippen LogP contribution in [0.2, 0.25) is 0 Å². The number of aliphatic hydroxyl groups is 4. The van der Waals surface area contributed by atoms with Crippen molar-refractivity contribution < 1.29 is 44.2 Å². The van der Waals surface area contributed by atoms with Gasteiger partial charge in [0.15, 0.2) is 6.29 Å². The van der Waals surface area contributed by atoms with Crippen molar-refractivity contribution in [2.75, 3.05) is 26.4 Å². The lowest BCUT2D eigenvalue weighted by molar-refractivity contribution is -0.305. The molecule has 0 aromatic rings. The third kappa shape index (κ3) is 43.4. The average molecular weight is 1020 g/mol. The topological polar surface area (TPSA) is 135 Å². The number of ether oxygens (including phenoxy) is 4. The van der Waals surface area contributed by atoms with Crippen molar-refractivity contribution in [3.63, 3.8) is 0 Å². The van der Waals surface area contributed by atoms with E-state index in [1.165, 1.54) is 218 Å². The largest absolute Gasteiger partial charge is 0.457 e. The van der Waals surface area contributed by atoms with Crippen LogP contribution in [0.15, 0.2) is 48.6 Å². The number of unbranched alkanes of at least 4 members (excludes halogenated alkanes) is 35. The summed E-state index contributed by atoms with van der Waals surface area (Å²) in [5.74, 6) is -0.312. The van der Waals surface area contributed by atoms with Crippen molar-refractivity contribution in [3.05, 3.63) is 48.6 Å². The summed E-state index contributed by atoms with van der Waals surface area (Å²) in [6.45, 7) is 4.59. The maximum Gasteiger partial charge on any atom is 0.306 e. The van der Waals surface area contributed by atoms with E-state index in [0.717, 1.165) is 44.9 Å². The molecule has 1 fully saturated rings. The van der Waals surface area contributed by atoms with Gasteiger partial charge in [-0.2, -0.15) is 0 Å². The molecule has 1 heterocycles. The van der Waals surface area contributed by atoms with Gasteiger partial charge in [-0.15, -0.1) is 0 Å². The molecule has 72 heavy (non-hydrogen) atoms. The molecule has 6 atom stereocenters. The highest BCUT2D eigenvalue weighted by atomic mass is 16.7. The number of rotatable bonds is 54. The van der Waals surface area contributed by atoms with Crippen molar-refractivity contribution in [3.8, 4) is 0 Å². The zero-order valence-corrected chi connectivity index (χ0v) is 46.9. The molecule has 422 valence electrons. The standard InChI is InChI=1S/C63H116O9/c1-3-5-7-9-11-13-15-17-19-21-23-25-27-28-29-31-33-35-37-39-41-43-45-47-49-51-53-69-55-57(56-70-63-62(68)61(67)60(66)58(54-64)72-63)71-59(65)52-50-48-46-44-42-40-38-36-34-32-30-26-24-22-20-18-16-14-12-10-8-6-4-2/h15,17,21-24,27-28,57-58,60-64,66-68H,3-14,16,18-20,25-26,29-56H2,1-2H3/b17-15-,23-21-,24-22-,28-27-. The molecule has 6 unspecified atom stereocenters. The highest BCUT2D eigenvalue weighted by Crippen LogP contribution is 2.23. The molecule has 0 amide bonds. The Bertz CT molecular complexity index is 1250. The Balaban J connectivity index is 2.13. The van der Waals surface area contributed by atoms with Crippen LogP contribution in [0.25, 0.3) is 0 Å². The molecule has 9 nitrogen and oxygen atoms in total. The fourth-order valence-corrected chi connectivity index (χ4v) is 9.44. The van der Waals surface area contributed by atoms with E-state index in [-0.39, 0.29) is 19.2 Å². The van der Waals surface area contributed by atoms with E-state index in [2.05, 4.69) is 62.5 Å². The fourth-order valence-electron chi connectivity index (χ4n) is 9.44. The first kappa shape index (κ1) is 68.2. The van der Waals surface area contributed by atoms with Gasteiger partial charge in [0.1, 0.15) is 30.5 Å². The number of hydrogen-bond donors (Lipinski definition) is 4. The molecule has 1 saturated heterocycles. The van der Waals surface area contributed by atoms with E-state index in [1.54, 1.807) is 0 Å². The zero-order valence-electron chi connectivity index (χ0n) is 46.9. The van der Waals surface area contributed by atoms with E-state index >= 15 is 0 Å². The number of carbonyl (C=O) groups is 1. The van der Waals surface area contributed by atoms with Crippen molar-refractivity contribution >= 4 is 5.97 Å². The van der Waals surface area contributed by atoms with Crippen molar-refractivity contribution in [2.45, 2.75) is 320 Å². The molecule has 1 aliphatic heterocycles. The zero-order chi connectivity index (χ0) is 52.1. The lowest BCUT2D eigenvalue weighted by Gasteiger charge is -2.39. The van der Waals surface area contributed by atoms with E-state index in [0.29, 0.717) is 13.0 Å². The molecule has 0 aliphatic carbocycles. The summed E-state index contributed by atoms with van der Waals surface area (Å²) >= 11 is 0. The normalized spacial score (nSPS) is 19.0. The van der Waals surface area contributed by atoms with Crippen molar-refractivity contribution in [1.29, 1.82) is 0 Å². The van der Waals surface area contributed by atoms with E-state index in [4.69, 9.17) is 18.9 Å². The fraction of sp³-hybridized carbons (Fsp3) is 0.857. The van der Waals surface area contributed by atoms with E-state index in [9.17, 15) is 25.2 Å². The third-order valence-electron chi connectivity index (χ3n) is 14.2. The van der Waals surface area contributed by atoms with Gasteiger partial charge in [-0.05, 0) is 77.0 Å². The predicted octanol–water partition coefficient (Wildman–Crippen LogP) is 16.4. The number of carbonyl (C=O) groups excluding carboxylic acids is 1. The van der Waals surface area contributed by atoms with Gasteiger partial charge < -0.3 is 39.4 Å². The van der Waals surface area contributed by atoms with Crippen LogP contribution in [-0.4, -0.2) is 89.6 Å². The van der Waals surface area contributed by atoms with E-state index in [1.807, 2.05) is 0 Å². The molecule has 0 radical (unpaired) electrons. The van der Waals surface area contributed by atoms with Gasteiger partial charge in [-0.1, -0.05) is 249 Å². The van der Waals surface area contributed by atoms with Crippen LogP contribution in [-0.2, 0) is 23.7 Å². The van der Waals surface area contributed by atoms with Crippen LogP contribution < -0.4 is 0 Å². The molecule has 0 saturated carbocycles. The summed E-state index contributed by atoms with van der Waals surface area (Å²) in [6.07, 6.45) is 63.1. The average Bonchev–Trinajstić information content (AvgIpc) is 3.38. The first-order valence-electron chi connectivity index (χ1n) is 30.7. The first-order valence-corrected chi connectivity index (χ1v) is 30.7. The van der Waals surface area contributed by atoms with Gasteiger partial charge in [0.25, 0.3) is 0 Å². The van der Waals surface area contributed by atoms with Gasteiger partial charge in [0, 0.05) is 13.0 Å². The van der Waals surface area contributed by atoms with Crippen molar-refractivity contribution in [2.24, 2.45) is 0 Å². The number of aliphatic hydroxyl groups excluding tert-OH is 4. The summed E-state index contributed by atoms with van der Waals surface area (Å²) < 4.78 is 23.0. The molecule has 0 aromatic heterocycles. The van der Waals surface area contributed by atoms with Crippen LogP contribution >= 0.6 is 0 Å². The quantitative estimate of drug-likeness (QED) is 0.0267. The minimum absolute atomic E-state index is 0.114. The lowest BCUT2D eigenvalue weighted by Crippen LogP contribution is -2.59. The van der Waals surface area contributed by atoms with Crippen LogP contribution in [0.5, 0.6) is 0 Å². The highest BCUT2D eigenvalue weighted by molar-refractivity contribution is 5.69. The van der Waals surface area contributed by atoms with Crippen LogP contribution in [0.1, 0.15) is 284 Å². The SMILES string of the molecule is CCCCCCC/C=C\C/C=C\C/C=C\CCCCCCCCCCCCCOCC(COC1OC(CO)C(O)C(O)C1O)OC(=O)CCCCCCCCCCCCC/C=C\CCCCCCCCCC. The molecular formula is C63H116O9. The van der Waals surface area contributed by atoms with Gasteiger partial charge in [-0.3, -0.25) is 4.79 Å². The Hall–Kier alpha value is -1.85. The lowest BCUT2D eigenvalue weighted by atomic mass is 9.99. The Morgan fingerprint density at radius 1 is 0.444 bits per heavy atom. The molecule has 9 heteroatoms. The Kier molecular flexibility index (Phi) is 51.1. The minimum Gasteiger partial charge on any atom is -0.457 e. The second kappa shape index (κ2) is 54.0. The molecule has 0 spiro atoms. The minimum atomic E-state index is -1.54. The monoisotopic (exact) mass is 1020 g/mol. The van der Waals surface area contributed by atoms with Gasteiger partial charge in [-0.25, -0.2) is 0 Å². The second-order valence-electron chi connectivity index (χ2n) is 21.1. The molecule has 1 rings (SSSR count). The smallest absolute Gasteiger partial charge is 0.306 e. The Morgan fingerprint density at radius 3 is 1.22 bits per heavy atom. The van der Waals surface area contributed by atoms with E-state index < -0.39 is 43.4 Å². The summed E-state index contributed by atoms with van der Waals surface area (Å²) in [6, 6.07) is 0. The summed E-state index contributed by atoms with van der Waals surface area (Å²) in [5.41, 5.74) is 0. The summed E-state index contributed by atoms with van der Waals surface area (Å²) in [5, 5.41) is 40.4. The van der Waals surface area contributed by atoms with Crippen LogP contribution in [0.4, 0.5) is 0 Å². The highest BCUT2D eigenvalue weighted by Gasteiger charge is 2.44. The second-order valence-corrected chi connectivity index (χ2v) is 21.1. The third-order valence-corrected chi connectivity index (χ3v) is 14.2. The van der Waals surface area contributed by atoms with Crippen LogP contribution in [0.3, 0.4) is 0 Å². The number of esters is 1. The van der Waals surface area contributed by atoms with Gasteiger partial charge in [0.05, 0.1) is 19.8 Å². The predicted molar refractivity (Wildman–Crippen MR) is 302 cm³/mol. The summed E-state index contributed by atoms with van der Waals surface area (Å²) in [4.78, 5) is 12.9. The molecule has 4 N–H and O–H groups in total. The first-order chi connectivity index (χ1) is 35.4. The summed E-state index contributed by atoms with van der Waals surface area (Å²) in [7, 11) is 0. The molecular weight excluding hydrogens is 901 g/mol. The molecule has 1 aliphatic rings.